The Hall–Kier alpha value is -1.88. The molecule has 0 aliphatic carbocycles. The van der Waals surface area contributed by atoms with E-state index in [4.69, 9.17) is 5.73 Å². The second-order valence-corrected chi connectivity index (χ2v) is 3.78. The van der Waals surface area contributed by atoms with Gasteiger partial charge in [-0.2, -0.15) is 5.10 Å². The van der Waals surface area contributed by atoms with Gasteiger partial charge in [-0.15, -0.1) is 0 Å². The second kappa shape index (κ2) is 5.45. The molecule has 0 amide bonds. The van der Waals surface area contributed by atoms with Crippen molar-refractivity contribution in [2.45, 2.75) is 6.42 Å². The van der Waals surface area contributed by atoms with Gasteiger partial charge in [0.1, 0.15) is 5.82 Å². The van der Waals surface area contributed by atoms with Crippen LogP contribution in [0.3, 0.4) is 0 Å². The summed E-state index contributed by atoms with van der Waals surface area (Å²) in [5, 5.41) is 10.1. The molecule has 1 heterocycles. The Morgan fingerprint density at radius 1 is 1.29 bits per heavy atom. The lowest BCUT2D eigenvalue weighted by Crippen LogP contribution is -2.13. The summed E-state index contributed by atoms with van der Waals surface area (Å²) in [6.45, 7) is 1.27. The molecule has 0 unspecified atom stereocenters. The average Bonchev–Trinajstić information content (AvgIpc) is 2.77. The molecule has 0 bridgehead atoms. The molecule has 0 atom stereocenters. The summed E-state index contributed by atoms with van der Waals surface area (Å²) >= 11 is 0. The standard InChI is InChI=1S/C12H15FN4/c13-10-3-1-9(2-4-10)7-11-12(8-16-17-11)15-6-5-14/h1-4,8,15H,5-7,14H2,(H,16,17). The number of rotatable bonds is 5. The molecule has 1 aromatic carbocycles. The lowest BCUT2D eigenvalue weighted by Gasteiger charge is -2.05. The van der Waals surface area contributed by atoms with Gasteiger partial charge < -0.3 is 11.1 Å². The highest BCUT2D eigenvalue weighted by Crippen LogP contribution is 2.16. The van der Waals surface area contributed by atoms with Gasteiger partial charge in [-0.1, -0.05) is 12.1 Å². The molecule has 0 radical (unpaired) electrons. The van der Waals surface area contributed by atoms with E-state index >= 15 is 0 Å². The molecule has 1 aromatic heterocycles. The van der Waals surface area contributed by atoms with E-state index in [2.05, 4.69) is 15.5 Å². The zero-order valence-corrected chi connectivity index (χ0v) is 9.41. The van der Waals surface area contributed by atoms with Gasteiger partial charge in [0, 0.05) is 19.5 Å². The molecule has 4 nitrogen and oxygen atoms in total. The molecule has 2 aromatic rings. The first kappa shape index (κ1) is 11.6. The maximum atomic E-state index is 12.8. The van der Waals surface area contributed by atoms with Gasteiger partial charge in [0.25, 0.3) is 0 Å². The predicted octanol–water partition coefficient (Wildman–Crippen LogP) is 1.51. The minimum Gasteiger partial charge on any atom is -0.381 e. The Morgan fingerprint density at radius 3 is 2.76 bits per heavy atom. The maximum absolute atomic E-state index is 12.8. The van der Waals surface area contributed by atoms with Crippen LogP contribution < -0.4 is 11.1 Å². The zero-order chi connectivity index (χ0) is 12.1. The molecule has 90 valence electrons. The van der Waals surface area contributed by atoms with Crippen molar-refractivity contribution in [1.29, 1.82) is 0 Å². The Bertz CT molecular complexity index is 464. The molecule has 2 rings (SSSR count). The maximum Gasteiger partial charge on any atom is 0.123 e. The molecule has 0 aliphatic rings. The SMILES string of the molecule is NCCNc1cn[nH]c1Cc1ccc(F)cc1. The largest absolute Gasteiger partial charge is 0.381 e. The fourth-order valence-corrected chi connectivity index (χ4v) is 1.61. The van der Waals surface area contributed by atoms with Gasteiger partial charge in [0.2, 0.25) is 0 Å². The minimum absolute atomic E-state index is 0.222. The first-order valence-electron chi connectivity index (χ1n) is 5.50. The quantitative estimate of drug-likeness (QED) is 0.734. The van der Waals surface area contributed by atoms with Crippen LogP contribution in [-0.2, 0) is 6.42 Å². The number of hydrogen-bond donors (Lipinski definition) is 3. The number of benzene rings is 1. The van der Waals surface area contributed by atoms with Crippen molar-refractivity contribution in [2.75, 3.05) is 18.4 Å². The number of nitrogens with zero attached hydrogens (tertiary/aromatic N) is 1. The lowest BCUT2D eigenvalue weighted by atomic mass is 10.1. The molecule has 17 heavy (non-hydrogen) atoms. The third-order valence-electron chi connectivity index (χ3n) is 2.47. The number of nitrogens with one attached hydrogen (secondary N) is 2. The molecule has 5 heteroatoms. The summed E-state index contributed by atoms with van der Waals surface area (Å²) in [5.41, 5.74) is 8.38. The molecule has 0 saturated carbocycles. The second-order valence-electron chi connectivity index (χ2n) is 3.78. The van der Waals surface area contributed by atoms with Crippen LogP contribution in [0.1, 0.15) is 11.3 Å². The number of hydrogen-bond acceptors (Lipinski definition) is 3. The van der Waals surface area contributed by atoms with Crippen LogP contribution in [0, 0.1) is 5.82 Å². The molecule has 0 saturated heterocycles. The van der Waals surface area contributed by atoms with Crippen molar-refractivity contribution in [2.24, 2.45) is 5.73 Å². The molecule has 0 aliphatic heterocycles. The van der Waals surface area contributed by atoms with Crippen LogP contribution in [0.15, 0.2) is 30.5 Å². The number of aromatic amines is 1. The van der Waals surface area contributed by atoms with E-state index in [0.29, 0.717) is 19.5 Å². The fourth-order valence-electron chi connectivity index (χ4n) is 1.61. The molecule has 0 spiro atoms. The Balaban J connectivity index is 2.07. The van der Waals surface area contributed by atoms with Gasteiger partial charge in [-0.3, -0.25) is 5.10 Å². The predicted molar refractivity (Wildman–Crippen MR) is 65.3 cm³/mol. The van der Waals surface area contributed by atoms with Gasteiger partial charge in [0.15, 0.2) is 0 Å². The van der Waals surface area contributed by atoms with Crippen LogP contribution in [0.4, 0.5) is 10.1 Å². The van der Waals surface area contributed by atoms with Crippen molar-refractivity contribution in [3.8, 4) is 0 Å². The van der Waals surface area contributed by atoms with Crippen LogP contribution in [-0.4, -0.2) is 23.3 Å². The molecule has 0 fully saturated rings. The van der Waals surface area contributed by atoms with Crippen molar-refractivity contribution in [1.82, 2.24) is 10.2 Å². The topological polar surface area (TPSA) is 66.7 Å². The fraction of sp³-hybridized carbons (Fsp3) is 0.250. The molecular weight excluding hydrogens is 219 g/mol. The molecule has 4 N–H and O–H groups in total. The van der Waals surface area contributed by atoms with E-state index in [1.165, 1.54) is 12.1 Å². The van der Waals surface area contributed by atoms with Crippen molar-refractivity contribution >= 4 is 5.69 Å². The summed E-state index contributed by atoms with van der Waals surface area (Å²) < 4.78 is 12.8. The van der Waals surface area contributed by atoms with E-state index in [9.17, 15) is 4.39 Å². The van der Waals surface area contributed by atoms with Crippen LogP contribution in [0.2, 0.25) is 0 Å². The summed E-state index contributed by atoms with van der Waals surface area (Å²) in [6, 6.07) is 6.45. The monoisotopic (exact) mass is 234 g/mol. The summed E-state index contributed by atoms with van der Waals surface area (Å²) in [7, 11) is 0. The Morgan fingerprint density at radius 2 is 2.06 bits per heavy atom. The van der Waals surface area contributed by atoms with Crippen LogP contribution in [0.5, 0.6) is 0 Å². The number of anilines is 1. The van der Waals surface area contributed by atoms with E-state index in [-0.39, 0.29) is 5.82 Å². The summed E-state index contributed by atoms with van der Waals surface area (Å²) in [5.74, 6) is -0.222. The summed E-state index contributed by atoms with van der Waals surface area (Å²) in [6.07, 6.45) is 2.42. The average molecular weight is 234 g/mol. The Labute approximate surface area is 99.0 Å². The lowest BCUT2D eigenvalue weighted by molar-refractivity contribution is 0.627. The highest BCUT2D eigenvalue weighted by atomic mass is 19.1. The van der Waals surface area contributed by atoms with Crippen molar-refractivity contribution in [3.05, 3.63) is 47.5 Å². The van der Waals surface area contributed by atoms with E-state index in [1.54, 1.807) is 18.3 Å². The van der Waals surface area contributed by atoms with Crippen molar-refractivity contribution in [3.63, 3.8) is 0 Å². The Kier molecular flexibility index (Phi) is 3.72. The van der Waals surface area contributed by atoms with Crippen LogP contribution in [0.25, 0.3) is 0 Å². The highest BCUT2D eigenvalue weighted by molar-refractivity contribution is 5.47. The first-order chi connectivity index (χ1) is 8.29. The van der Waals surface area contributed by atoms with E-state index in [0.717, 1.165) is 16.9 Å². The highest BCUT2D eigenvalue weighted by Gasteiger charge is 2.05. The van der Waals surface area contributed by atoms with E-state index < -0.39 is 0 Å². The number of H-pyrrole nitrogens is 1. The summed E-state index contributed by atoms with van der Waals surface area (Å²) in [4.78, 5) is 0. The number of nitrogens with two attached hydrogens (primary N) is 1. The smallest absolute Gasteiger partial charge is 0.123 e. The molecular formula is C12H15FN4. The third kappa shape index (κ3) is 3.04. The first-order valence-corrected chi connectivity index (χ1v) is 5.50. The van der Waals surface area contributed by atoms with E-state index in [1.807, 2.05) is 0 Å². The van der Waals surface area contributed by atoms with Crippen molar-refractivity contribution < 1.29 is 4.39 Å². The number of halogens is 1. The normalized spacial score (nSPS) is 10.5. The van der Waals surface area contributed by atoms with Gasteiger partial charge in [-0.05, 0) is 17.7 Å². The minimum atomic E-state index is -0.222. The van der Waals surface area contributed by atoms with Gasteiger partial charge in [0.05, 0.1) is 17.6 Å². The zero-order valence-electron chi connectivity index (χ0n) is 9.41. The van der Waals surface area contributed by atoms with Crippen LogP contribution >= 0.6 is 0 Å². The van der Waals surface area contributed by atoms with Gasteiger partial charge >= 0.3 is 0 Å². The van der Waals surface area contributed by atoms with Gasteiger partial charge in [-0.25, -0.2) is 4.39 Å². The third-order valence-corrected chi connectivity index (χ3v) is 2.47. The number of aromatic nitrogens is 2.